The van der Waals surface area contributed by atoms with Gasteiger partial charge in [-0.15, -0.1) is 0 Å². The summed E-state index contributed by atoms with van der Waals surface area (Å²) in [5.74, 6) is -2.56. The number of Topliss-reactive ketones (excluding diaryl/α,β-unsaturated/α-hetero) is 1. The van der Waals surface area contributed by atoms with Crippen LogP contribution in [0.25, 0.3) is 29.2 Å². The quantitative estimate of drug-likeness (QED) is 0.159. The number of aliphatic hydroxyl groups excluding tert-OH is 1. The van der Waals surface area contributed by atoms with E-state index in [1.54, 1.807) is 27.0 Å². The predicted molar refractivity (Wildman–Crippen MR) is 209 cm³/mol. The third-order valence-corrected chi connectivity index (χ3v) is 10.8. The van der Waals surface area contributed by atoms with E-state index in [9.17, 15) is 24.3 Å². The largest absolute Gasteiger partial charge is 0.481 e. The lowest BCUT2D eigenvalue weighted by Crippen LogP contribution is -2.34. The van der Waals surface area contributed by atoms with Gasteiger partial charge in [0.05, 0.1) is 30.7 Å². The summed E-state index contributed by atoms with van der Waals surface area (Å²) in [7, 11) is 4.51. The maximum Gasteiger partial charge on any atom is 0.308 e. The first-order valence-electron chi connectivity index (χ1n) is 19.7. The number of carbonyl (C=O) groups excluding carboxylic acids is 3. The molecule has 0 saturated heterocycles. The number of hydrogen-bond donors (Lipinski definition) is 2. The van der Waals surface area contributed by atoms with Crippen LogP contribution in [0.3, 0.4) is 0 Å². The molecule has 0 spiro atoms. The van der Waals surface area contributed by atoms with Crippen molar-refractivity contribution in [3.05, 3.63) is 48.6 Å². The number of oxazole rings is 3. The summed E-state index contributed by atoms with van der Waals surface area (Å²) in [6.07, 6.45) is 9.55. The molecule has 9 atom stereocenters. The van der Waals surface area contributed by atoms with Gasteiger partial charge in [-0.25, -0.2) is 15.0 Å². The molecule has 0 aliphatic carbocycles. The van der Waals surface area contributed by atoms with Crippen LogP contribution in [0.15, 0.2) is 50.3 Å². The summed E-state index contributed by atoms with van der Waals surface area (Å²) in [5.41, 5.74) is 1.05. The van der Waals surface area contributed by atoms with E-state index in [1.807, 2.05) is 19.9 Å². The topological polar surface area (TPSA) is 224 Å². The van der Waals surface area contributed by atoms with Gasteiger partial charge in [-0.2, -0.15) is 0 Å². The number of rotatable bonds is 14. The summed E-state index contributed by atoms with van der Waals surface area (Å²) < 4.78 is 39.9. The van der Waals surface area contributed by atoms with Crippen molar-refractivity contribution in [3.63, 3.8) is 0 Å². The third kappa shape index (κ3) is 13.1. The van der Waals surface area contributed by atoms with E-state index in [2.05, 4.69) is 15.0 Å². The van der Waals surface area contributed by atoms with Crippen molar-refractivity contribution < 1.29 is 61.6 Å². The predicted octanol–water partition coefficient (Wildman–Crippen LogP) is 6.84. The SMILES string of the molecule is COC(CC1OC(=O)CC(O)C/C=C/C(=O)C(C)C(OC)c2coc(n2)-c2coc(n2)-c2coc(n2)/C=C/CCC1C)C(C)CCC(=O)C(C)C(CCC(=O)O)OC. The number of esters is 1. The van der Waals surface area contributed by atoms with Crippen LogP contribution in [0.1, 0.15) is 103 Å². The number of fused-ring (bicyclic) bond motifs is 8. The molecule has 58 heavy (non-hydrogen) atoms. The minimum absolute atomic E-state index is 0.0321. The highest BCUT2D eigenvalue weighted by molar-refractivity contribution is 5.92. The number of cyclic esters (lactones) is 1. The first kappa shape index (κ1) is 45.9. The number of ether oxygens (including phenoxy) is 4. The molecule has 2 N–H and O–H groups in total. The van der Waals surface area contributed by atoms with Gasteiger partial charge in [0, 0.05) is 46.5 Å². The standard InChI is InChI=1S/C42H57N3O13/c1-24-11-8-9-14-37-43-30(22-55-37)41-45-31(23-57-41)42-44-29(21-56-42)40(54-7)27(4)32(47)13-10-12-28(46)19-39(51)58-36(24)20-35(53-6)25(2)15-16-33(48)26(3)34(52-5)17-18-38(49)50/h9-10,13-14,21-28,34-36,40,46H,8,11-12,15-20H2,1-7H3,(H,49,50)/b13-10+,14-9+. The molecule has 0 saturated carbocycles. The molecule has 4 heterocycles. The Morgan fingerprint density at radius 1 is 0.879 bits per heavy atom. The highest BCUT2D eigenvalue weighted by atomic mass is 16.5. The monoisotopic (exact) mass is 811 g/mol. The fourth-order valence-electron chi connectivity index (χ4n) is 6.95. The summed E-state index contributed by atoms with van der Waals surface area (Å²) in [6.45, 7) is 7.39. The van der Waals surface area contributed by atoms with Crippen molar-refractivity contribution in [2.75, 3.05) is 21.3 Å². The number of methoxy groups -OCH3 is 3. The zero-order valence-corrected chi connectivity index (χ0v) is 34.3. The Balaban J connectivity index is 1.50. The molecule has 16 nitrogen and oxygen atoms in total. The van der Waals surface area contributed by atoms with E-state index in [0.29, 0.717) is 48.7 Å². The lowest BCUT2D eigenvalue weighted by atomic mass is 9.86. The summed E-state index contributed by atoms with van der Waals surface area (Å²) in [4.78, 5) is 64.0. The van der Waals surface area contributed by atoms with Crippen molar-refractivity contribution in [1.29, 1.82) is 0 Å². The summed E-state index contributed by atoms with van der Waals surface area (Å²) in [5, 5.41) is 19.8. The van der Waals surface area contributed by atoms with E-state index >= 15 is 0 Å². The second-order valence-electron chi connectivity index (χ2n) is 15.0. The molecule has 1 aliphatic rings. The first-order chi connectivity index (χ1) is 27.7. The Morgan fingerprint density at radius 2 is 1.57 bits per heavy atom. The van der Waals surface area contributed by atoms with Crippen molar-refractivity contribution in [2.45, 2.75) is 116 Å². The molecular weight excluding hydrogens is 754 g/mol. The number of aliphatic carboxylic acids is 1. The van der Waals surface area contributed by atoms with Crippen LogP contribution in [0.2, 0.25) is 0 Å². The fourth-order valence-corrected chi connectivity index (χ4v) is 6.95. The van der Waals surface area contributed by atoms with Crippen LogP contribution >= 0.6 is 0 Å². The minimum atomic E-state index is -1.11. The number of carboxylic acids is 1. The highest BCUT2D eigenvalue weighted by Crippen LogP contribution is 2.31. The maximum atomic E-state index is 13.3. The Labute approximate surface area is 338 Å². The van der Waals surface area contributed by atoms with Gasteiger partial charge in [-0.3, -0.25) is 19.2 Å². The normalized spacial score (nSPS) is 24.4. The number of hydrogen-bond acceptors (Lipinski definition) is 15. The second-order valence-corrected chi connectivity index (χ2v) is 15.0. The van der Waals surface area contributed by atoms with Crippen LogP contribution in [0.5, 0.6) is 0 Å². The average Bonchev–Trinajstić information content (AvgIpc) is 3.99. The molecule has 4 rings (SSSR count). The number of aromatic nitrogens is 3. The van der Waals surface area contributed by atoms with Crippen LogP contribution in [-0.2, 0) is 38.1 Å². The van der Waals surface area contributed by atoms with Crippen molar-refractivity contribution in [1.82, 2.24) is 15.0 Å². The second kappa shape index (κ2) is 22.4. The Hall–Kier alpha value is -4.77. The molecule has 0 fully saturated rings. The first-order valence-corrected chi connectivity index (χ1v) is 19.7. The van der Waals surface area contributed by atoms with Crippen LogP contribution in [-0.4, -0.2) is 94.4 Å². The van der Waals surface area contributed by atoms with Crippen LogP contribution in [0.4, 0.5) is 0 Å². The van der Waals surface area contributed by atoms with Gasteiger partial charge in [0.25, 0.3) is 0 Å². The Bertz CT molecular complexity index is 1840. The molecule has 16 heteroatoms. The number of allylic oxidation sites excluding steroid dienone is 2. The van der Waals surface area contributed by atoms with Crippen LogP contribution in [0, 0.1) is 23.7 Å². The molecule has 0 aromatic carbocycles. The molecule has 6 bridgehead atoms. The number of aliphatic hydroxyl groups is 1. The number of carboxylic acid groups (broad SMARTS) is 1. The lowest BCUT2D eigenvalue weighted by molar-refractivity contribution is -0.156. The number of nitrogens with zero attached hydrogens (tertiary/aromatic N) is 3. The van der Waals surface area contributed by atoms with E-state index in [0.717, 1.165) is 0 Å². The zero-order valence-electron chi connectivity index (χ0n) is 34.3. The fraction of sp³-hybridized carbons (Fsp3) is 0.595. The van der Waals surface area contributed by atoms with Crippen molar-refractivity contribution in [3.8, 4) is 23.2 Å². The minimum Gasteiger partial charge on any atom is -0.481 e. The summed E-state index contributed by atoms with van der Waals surface area (Å²) >= 11 is 0. The molecule has 318 valence electrons. The van der Waals surface area contributed by atoms with Crippen LogP contribution < -0.4 is 0 Å². The molecular formula is C42H57N3O13. The maximum absolute atomic E-state index is 13.3. The van der Waals surface area contributed by atoms with E-state index in [1.165, 1.54) is 45.2 Å². The van der Waals surface area contributed by atoms with Gasteiger partial charge >= 0.3 is 11.9 Å². The van der Waals surface area contributed by atoms with E-state index in [4.69, 9.17) is 37.3 Å². The lowest BCUT2D eigenvalue weighted by Gasteiger charge is -2.31. The molecule has 0 amide bonds. The van der Waals surface area contributed by atoms with E-state index in [-0.39, 0.29) is 73.4 Å². The molecule has 3 aromatic heterocycles. The molecule has 1 aliphatic heterocycles. The van der Waals surface area contributed by atoms with Crippen molar-refractivity contribution >= 4 is 29.6 Å². The highest BCUT2D eigenvalue weighted by Gasteiger charge is 2.31. The van der Waals surface area contributed by atoms with Crippen molar-refractivity contribution in [2.24, 2.45) is 23.7 Å². The van der Waals surface area contributed by atoms with Gasteiger partial charge in [0.15, 0.2) is 17.2 Å². The molecule has 0 radical (unpaired) electrons. The van der Waals surface area contributed by atoms with Gasteiger partial charge < -0.3 is 42.4 Å². The van der Waals surface area contributed by atoms with Gasteiger partial charge in [-0.05, 0) is 56.1 Å². The van der Waals surface area contributed by atoms with Gasteiger partial charge in [0.2, 0.25) is 17.7 Å². The van der Waals surface area contributed by atoms with Gasteiger partial charge in [-0.1, -0.05) is 39.8 Å². The third-order valence-electron chi connectivity index (χ3n) is 10.8. The summed E-state index contributed by atoms with van der Waals surface area (Å²) in [6, 6.07) is 0. The Kier molecular flexibility index (Phi) is 17.7. The zero-order chi connectivity index (χ0) is 42.4. The number of ketones is 2. The average molecular weight is 812 g/mol. The van der Waals surface area contributed by atoms with Gasteiger partial charge in [0.1, 0.15) is 42.5 Å². The smallest absolute Gasteiger partial charge is 0.308 e. The molecule has 3 aromatic rings. The van der Waals surface area contributed by atoms with E-state index < -0.39 is 48.2 Å². The Morgan fingerprint density at radius 3 is 2.28 bits per heavy atom. The number of carbonyl (C=O) groups is 4. The molecule has 9 unspecified atom stereocenters.